The zero-order chi connectivity index (χ0) is 18.0. The second kappa shape index (κ2) is 10.1. The van der Waals surface area contributed by atoms with Gasteiger partial charge in [0.15, 0.2) is 11.7 Å². The standard InChI is InChI=1S/C21H28N2O3/c24-20(22-14-7-15-25-18-10-5-2-6-11-18)12-13-21-23-16-19(26-21)17-8-3-1-4-9-17/h1,3-4,8-9,16,18H,2,5-7,10-15H2,(H,22,24). The minimum atomic E-state index is 0.0297. The molecule has 0 spiro atoms. The Morgan fingerprint density at radius 2 is 2.00 bits per heavy atom. The van der Waals surface area contributed by atoms with Gasteiger partial charge < -0.3 is 14.5 Å². The summed E-state index contributed by atoms with van der Waals surface area (Å²) in [5.41, 5.74) is 0.994. The number of carbonyl (C=O) groups is 1. The van der Waals surface area contributed by atoms with Gasteiger partial charge in [-0.2, -0.15) is 0 Å². The Labute approximate surface area is 155 Å². The van der Waals surface area contributed by atoms with Crippen LogP contribution in [-0.2, 0) is 16.0 Å². The van der Waals surface area contributed by atoms with Crippen LogP contribution in [0, 0.1) is 0 Å². The molecule has 140 valence electrons. The molecule has 1 aliphatic rings. The first-order chi connectivity index (χ1) is 12.8. The van der Waals surface area contributed by atoms with E-state index in [-0.39, 0.29) is 5.91 Å². The van der Waals surface area contributed by atoms with Gasteiger partial charge in [-0.05, 0) is 19.3 Å². The van der Waals surface area contributed by atoms with E-state index >= 15 is 0 Å². The van der Waals surface area contributed by atoms with Crippen LogP contribution in [0.25, 0.3) is 11.3 Å². The van der Waals surface area contributed by atoms with E-state index in [1.807, 2.05) is 30.3 Å². The van der Waals surface area contributed by atoms with Gasteiger partial charge in [0, 0.05) is 31.6 Å². The third-order valence-electron chi connectivity index (χ3n) is 4.73. The maximum Gasteiger partial charge on any atom is 0.220 e. The van der Waals surface area contributed by atoms with Crippen molar-refractivity contribution in [2.45, 2.75) is 57.5 Å². The van der Waals surface area contributed by atoms with Crippen molar-refractivity contribution in [2.24, 2.45) is 0 Å². The molecule has 5 nitrogen and oxygen atoms in total. The van der Waals surface area contributed by atoms with Gasteiger partial charge in [0.05, 0.1) is 12.3 Å². The fourth-order valence-corrected chi connectivity index (χ4v) is 3.25. The van der Waals surface area contributed by atoms with Crippen LogP contribution in [0.1, 0.15) is 50.8 Å². The number of aryl methyl sites for hydroxylation is 1. The average Bonchev–Trinajstić information content (AvgIpc) is 3.17. The summed E-state index contributed by atoms with van der Waals surface area (Å²) in [6.07, 6.45) is 10.2. The largest absolute Gasteiger partial charge is 0.441 e. The van der Waals surface area contributed by atoms with Crippen molar-refractivity contribution < 1.29 is 13.9 Å². The van der Waals surface area contributed by atoms with E-state index in [0.29, 0.717) is 31.4 Å². The molecule has 0 bridgehead atoms. The van der Waals surface area contributed by atoms with Crippen molar-refractivity contribution in [3.63, 3.8) is 0 Å². The quantitative estimate of drug-likeness (QED) is 0.686. The van der Waals surface area contributed by atoms with E-state index in [1.165, 1.54) is 32.1 Å². The summed E-state index contributed by atoms with van der Waals surface area (Å²) in [6, 6.07) is 9.84. The number of aromatic nitrogens is 1. The molecule has 1 N–H and O–H groups in total. The molecule has 0 unspecified atom stereocenters. The van der Waals surface area contributed by atoms with Gasteiger partial charge in [-0.1, -0.05) is 49.6 Å². The van der Waals surface area contributed by atoms with Crippen molar-refractivity contribution in [2.75, 3.05) is 13.2 Å². The second-order valence-corrected chi connectivity index (χ2v) is 6.82. The number of benzene rings is 1. The lowest BCUT2D eigenvalue weighted by atomic mass is 9.98. The maximum atomic E-state index is 11.9. The van der Waals surface area contributed by atoms with Gasteiger partial charge in [-0.3, -0.25) is 4.79 Å². The van der Waals surface area contributed by atoms with Gasteiger partial charge in [0.1, 0.15) is 0 Å². The van der Waals surface area contributed by atoms with E-state index in [9.17, 15) is 4.79 Å². The first-order valence-electron chi connectivity index (χ1n) is 9.70. The molecular formula is C21H28N2O3. The number of carbonyl (C=O) groups excluding carboxylic acids is 1. The predicted octanol–water partition coefficient (Wildman–Crippen LogP) is 4.13. The molecule has 1 fully saturated rings. The molecule has 1 aromatic carbocycles. The first kappa shape index (κ1) is 18.6. The van der Waals surface area contributed by atoms with Gasteiger partial charge in [-0.15, -0.1) is 0 Å². The number of nitrogens with zero attached hydrogens (tertiary/aromatic N) is 1. The maximum absolute atomic E-state index is 11.9. The second-order valence-electron chi connectivity index (χ2n) is 6.82. The van der Waals surface area contributed by atoms with Crippen LogP contribution in [0.5, 0.6) is 0 Å². The highest BCUT2D eigenvalue weighted by Gasteiger charge is 2.13. The number of ether oxygens (including phenoxy) is 1. The minimum absolute atomic E-state index is 0.0297. The Balaban J connectivity index is 1.29. The van der Waals surface area contributed by atoms with Crippen molar-refractivity contribution in [1.82, 2.24) is 10.3 Å². The summed E-state index contributed by atoms with van der Waals surface area (Å²) in [5, 5.41) is 2.94. The lowest BCUT2D eigenvalue weighted by Crippen LogP contribution is -2.26. The summed E-state index contributed by atoms with van der Waals surface area (Å²) >= 11 is 0. The van der Waals surface area contributed by atoms with E-state index in [2.05, 4.69) is 10.3 Å². The highest BCUT2D eigenvalue weighted by Crippen LogP contribution is 2.21. The Bertz CT molecular complexity index is 663. The van der Waals surface area contributed by atoms with Crippen molar-refractivity contribution >= 4 is 5.91 Å². The summed E-state index contributed by atoms with van der Waals surface area (Å²) < 4.78 is 11.6. The monoisotopic (exact) mass is 356 g/mol. The fraction of sp³-hybridized carbons (Fsp3) is 0.524. The van der Waals surface area contributed by atoms with Crippen LogP contribution in [0.15, 0.2) is 40.9 Å². The summed E-state index contributed by atoms with van der Waals surface area (Å²) in [7, 11) is 0. The SMILES string of the molecule is O=C(CCc1ncc(-c2ccccc2)o1)NCCCOC1CCCCC1. The van der Waals surface area contributed by atoms with Crippen molar-refractivity contribution in [3.05, 3.63) is 42.4 Å². The third kappa shape index (κ3) is 5.99. The van der Waals surface area contributed by atoms with Crippen LogP contribution < -0.4 is 5.32 Å². The molecule has 1 heterocycles. The van der Waals surface area contributed by atoms with E-state index in [4.69, 9.17) is 9.15 Å². The molecule has 0 aliphatic heterocycles. The highest BCUT2D eigenvalue weighted by atomic mass is 16.5. The van der Waals surface area contributed by atoms with Crippen molar-refractivity contribution in [3.8, 4) is 11.3 Å². The fourth-order valence-electron chi connectivity index (χ4n) is 3.25. The number of rotatable bonds is 9. The molecule has 26 heavy (non-hydrogen) atoms. The van der Waals surface area contributed by atoms with Crippen molar-refractivity contribution in [1.29, 1.82) is 0 Å². The molecule has 1 aliphatic carbocycles. The lowest BCUT2D eigenvalue weighted by molar-refractivity contribution is -0.121. The number of nitrogens with one attached hydrogen (secondary N) is 1. The molecule has 0 saturated heterocycles. The molecule has 1 aromatic heterocycles. The molecule has 0 atom stereocenters. The Hall–Kier alpha value is -2.14. The zero-order valence-corrected chi connectivity index (χ0v) is 15.3. The molecule has 5 heteroatoms. The number of oxazole rings is 1. The van der Waals surface area contributed by atoms with E-state index in [1.54, 1.807) is 6.20 Å². The van der Waals surface area contributed by atoms with Crippen LogP contribution in [0.2, 0.25) is 0 Å². The predicted molar refractivity (Wildman–Crippen MR) is 101 cm³/mol. The van der Waals surface area contributed by atoms with Crippen LogP contribution in [-0.4, -0.2) is 30.1 Å². The number of hydrogen-bond acceptors (Lipinski definition) is 4. The molecule has 3 rings (SSSR count). The Morgan fingerprint density at radius 1 is 1.19 bits per heavy atom. The summed E-state index contributed by atoms with van der Waals surface area (Å²) in [6.45, 7) is 1.39. The van der Waals surface area contributed by atoms with Crippen LogP contribution in [0.3, 0.4) is 0 Å². The van der Waals surface area contributed by atoms with Gasteiger partial charge >= 0.3 is 0 Å². The first-order valence-corrected chi connectivity index (χ1v) is 9.70. The Kier molecular flexibility index (Phi) is 7.25. The third-order valence-corrected chi connectivity index (χ3v) is 4.73. The van der Waals surface area contributed by atoms with Gasteiger partial charge in [-0.25, -0.2) is 4.98 Å². The minimum Gasteiger partial charge on any atom is -0.441 e. The lowest BCUT2D eigenvalue weighted by Gasteiger charge is -2.21. The molecule has 0 radical (unpaired) electrons. The zero-order valence-electron chi connectivity index (χ0n) is 15.3. The van der Waals surface area contributed by atoms with Gasteiger partial charge in [0.25, 0.3) is 0 Å². The molecule has 2 aromatic rings. The van der Waals surface area contributed by atoms with Crippen LogP contribution >= 0.6 is 0 Å². The normalized spacial score (nSPS) is 15.1. The summed E-state index contributed by atoms with van der Waals surface area (Å²) in [5.74, 6) is 1.36. The van der Waals surface area contributed by atoms with E-state index in [0.717, 1.165) is 24.4 Å². The van der Waals surface area contributed by atoms with Gasteiger partial charge in [0.2, 0.25) is 5.91 Å². The Morgan fingerprint density at radius 3 is 2.81 bits per heavy atom. The topological polar surface area (TPSA) is 64.4 Å². The smallest absolute Gasteiger partial charge is 0.220 e. The molecule has 1 saturated carbocycles. The number of hydrogen-bond donors (Lipinski definition) is 1. The average molecular weight is 356 g/mol. The number of amides is 1. The summed E-state index contributed by atoms with van der Waals surface area (Å²) in [4.78, 5) is 16.2. The molecular weight excluding hydrogens is 328 g/mol. The van der Waals surface area contributed by atoms with E-state index < -0.39 is 0 Å². The molecule has 1 amide bonds. The van der Waals surface area contributed by atoms with Crippen LogP contribution in [0.4, 0.5) is 0 Å². The highest BCUT2D eigenvalue weighted by molar-refractivity contribution is 5.76.